The van der Waals surface area contributed by atoms with Crippen LogP contribution in [0.2, 0.25) is 0 Å². The number of nitrogens with zero attached hydrogens (tertiary/aromatic N) is 3. The molecule has 8 heteroatoms. The third-order valence-corrected chi connectivity index (χ3v) is 4.87. The first-order chi connectivity index (χ1) is 13.5. The van der Waals surface area contributed by atoms with Gasteiger partial charge in [-0.1, -0.05) is 30.3 Å². The molecule has 3 aromatic rings. The summed E-state index contributed by atoms with van der Waals surface area (Å²) in [4.78, 5) is 32.5. The molecule has 28 heavy (non-hydrogen) atoms. The van der Waals surface area contributed by atoms with Crippen LogP contribution < -0.4 is 5.56 Å². The van der Waals surface area contributed by atoms with E-state index in [-0.39, 0.29) is 17.0 Å². The fraction of sp³-hybridized carbons (Fsp3) is 0.200. The summed E-state index contributed by atoms with van der Waals surface area (Å²) in [5.41, 5.74) is 2.47. The molecule has 2 N–H and O–H groups in total. The Kier molecular flexibility index (Phi) is 4.62. The van der Waals surface area contributed by atoms with Crippen molar-refractivity contribution in [1.82, 2.24) is 14.9 Å². The molecule has 142 valence electrons. The third kappa shape index (κ3) is 3.49. The summed E-state index contributed by atoms with van der Waals surface area (Å²) in [7, 11) is 0. The smallest absolute Gasteiger partial charge is 0.270 e. The average molecular weight is 378 g/mol. The number of fused-ring (bicyclic) bond motifs is 1. The Morgan fingerprint density at radius 3 is 2.75 bits per heavy atom. The molecule has 1 aromatic heterocycles. The lowest BCUT2D eigenvalue weighted by molar-refractivity contribution is -0.385. The molecule has 0 spiro atoms. The molecular formula is C20H18N4O4. The second-order valence-corrected chi connectivity index (χ2v) is 6.74. The Labute approximate surface area is 160 Å². The molecule has 0 saturated carbocycles. The van der Waals surface area contributed by atoms with Gasteiger partial charge >= 0.3 is 0 Å². The van der Waals surface area contributed by atoms with Gasteiger partial charge in [0.25, 0.3) is 11.2 Å². The van der Waals surface area contributed by atoms with E-state index in [2.05, 4.69) is 9.97 Å². The molecule has 0 atom stereocenters. The zero-order valence-corrected chi connectivity index (χ0v) is 15.0. The number of nitrogens with one attached hydrogen (secondary N) is 1. The number of aromatic hydroxyl groups is 1. The highest BCUT2D eigenvalue weighted by atomic mass is 16.6. The maximum absolute atomic E-state index is 12.5. The number of benzene rings is 2. The van der Waals surface area contributed by atoms with Gasteiger partial charge in [0.15, 0.2) is 0 Å². The number of nitro groups is 1. The van der Waals surface area contributed by atoms with Crippen LogP contribution >= 0.6 is 0 Å². The number of H-pyrrole nitrogens is 1. The van der Waals surface area contributed by atoms with Crippen LogP contribution in [0.5, 0.6) is 5.75 Å². The molecule has 2 aromatic carbocycles. The van der Waals surface area contributed by atoms with Gasteiger partial charge in [0.2, 0.25) is 0 Å². The Balaban J connectivity index is 1.61. The molecule has 0 fully saturated rings. The van der Waals surface area contributed by atoms with Crippen LogP contribution in [-0.4, -0.2) is 31.4 Å². The van der Waals surface area contributed by atoms with Crippen molar-refractivity contribution in [2.24, 2.45) is 0 Å². The number of phenolic OH excluding ortho intramolecular Hbond substituents is 1. The van der Waals surface area contributed by atoms with Gasteiger partial charge in [0, 0.05) is 48.5 Å². The van der Waals surface area contributed by atoms with Crippen LogP contribution in [0.4, 0.5) is 5.69 Å². The van der Waals surface area contributed by atoms with Crippen LogP contribution in [0.3, 0.4) is 0 Å². The highest BCUT2D eigenvalue weighted by Crippen LogP contribution is 2.26. The first-order valence-electron chi connectivity index (χ1n) is 8.87. The van der Waals surface area contributed by atoms with Gasteiger partial charge in [-0.05, 0) is 12.5 Å². The molecule has 0 amide bonds. The van der Waals surface area contributed by atoms with E-state index in [1.54, 1.807) is 0 Å². The van der Waals surface area contributed by atoms with E-state index in [0.717, 1.165) is 5.56 Å². The van der Waals surface area contributed by atoms with E-state index >= 15 is 0 Å². The van der Waals surface area contributed by atoms with E-state index < -0.39 is 4.92 Å². The van der Waals surface area contributed by atoms with Crippen molar-refractivity contribution < 1.29 is 10.0 Å². The fourth-order valence-corrected chi connectivity index (χ4v) is 3.41. The number of aromatic nitrogens is 2. The fourth-order valence-electron chi connectivity index (χ4n) is 3.41. The lowest BCUT2D eigenvalue weighted by Crippen LogP contribution is -2.35. The van der Waals surface area contributed by atoms with Crippen molar-refractivity contribution in [1.29, 1.82) is 0 Å². The summed E-state index contributed by atoms with van der Waals surface area (Å²) in [5.74, 6) is 0.532. The lowest BCUT2D eigenvalue weighted by atomic mass is 10.0. The van der Waals surface area contributed by atoms with Gasteiger partial charge in [-0.3, -0.25) is 19.8 Å². The molecule has 1 aliphatic rings. The van der Waals surface area contributed by atoms with Crippen LogP contribution in [0, 0.1) is 10.1 Å². The van der Waals surface area contributed by atoms with Crippen molar-refractivity contribution in [2.45, 2.75) is 19.5 Å². The Morgan fingerprint density at radius 2 is 2.00 bits per heavy atom. The summed E-state index contributed by atoms with van der Waals surface area (Å²) >= 11 is 0. The van der Waals surface area contributed by atoms with E-state index in [1.807, 2.05) is 35.2 Å². The summed E-state index contributed by atoms with van der Waals surface area (Å²) in [5, 5.41) is 21.1. The molecule has 4 rings (SSSR count). The summed E-state index contributed by atoms with van der Waals surface area (Å²) < 4.78 is 0. The summed E-state index contributed by atoms with van der Waals surface area (Å²) in [6, 6.07) is 13.4. The normalized spacial score (nSPS) is 13.9. The minimum Gasteiger partial charge on any atom is -0.508 e. The zero-order chi connectivity index (χ0) is 19.7. The molecule has 0 aliphatic carbocycles. The molecule has 0 unspecified atom stereocenters. The van der Waals surface area contributed by atoms with Gasteiger partial charge in [0.1, 0.15) is 11.6 Å². The minimum absolute atomic E-state index is 0.0141. The maximum atomic E-state index is 12.5. The van der Waals surface area contributed by atoms with Gasteiger partial charge in [0.05, 0.1) is 10.6 Å². The highest BCUT2D eigenvalue weighted by Gasteiger charge is 2.23. The summed E-state index contributed by atoms with van der Waals surface area (Å²) in [6.45, 7) is 1.37. The van der Waals surface area contributed by atoms with Crippen LogP contribution in [0.15, 0.2) is 53.3 Å². The molecule has 1 aliphatic heterocycles. The molecular weight excluding hydrogens is 360 g/mol. The maximum Gasteiger partial charge on any atom is 0.270 e. The van der Waals surface area contributed by atoms with Crippen LogP contribution in [0.1, 0.15) is 16.8 Å². The third-order valence-electron chi connectivity index (χ3n) is 4.87. The molecule has 2 heterocycles. The van der Waals surface area contributed by atoms with E-state index in [4.69, 9.17) is 0 Å². The first-order valence-corrected chi connectivity index (χ1v) is 8.87. The highest BCUT2D eigenvalue weighted by molar-refractivity contribution is 5.54. The number of non-ortho nitro benzene ring substituents is 1. The van der Waals surface area contributed by atoms with Crippen molar-refractivity contribution in [2.75, 3.05) is 6.54 Å². The van der Waals surface area contributed by atoms with Gasteiger partial charge in [-0.2, -0.15) is 0 Å². The second-order valence-electron chi connectivity index (χ2n) is 6.74. The van der Waals surface area contributed by atoms with Crippen LogP contribution in [-0.2, 0) is 19.5 Å². The molecule has 0 radical (unpaired) electrons. The van der Waals surface area contributed by atoms with Gasteiger partial charge in [-0.15, -0.1) is 0 Å². The number of rotatable bonds is 4. The SMILES string of the molecule is O=c1[nH]c(-c2ccccc2)nc2c1CCN(Cc1cc([N+](=O)[O-])ccc1O)C2. The van der Waals surface area contributed by atoms with Crippen molar-refractivity contribution >= 4 is 5.69 Å². The lowest BCUT2D eigenvalue weighted by Gasteiger charge is -2.27. The van der Waals surface area contributed by atoms with Crippen molar-refractivity contribution in [3.05, 3.63) is 85.8 Å². The minimum atomic E-state index is -0.484. The topological polar surface area (TPSA) is 112 Å². The number of nitro benzene ring substituents is 1. The van der Waals surface area contributed by atoms with Crippen LogP contribution in [0.25, 0.3) is 11.4 Å². The standard InChI is InChI=1S/C20H18N4O4/c25-18-7-6-15(24(27)28)10-14(18)11-23-9-8-16-17(12-23)21-19(22-20(16)26)13-4-2-1-3-5-13/h1-7,10,25H,8-9,11-12H2,(H,21,22,26). The van der Waals surface area contributed by atoms with E-state index in [0.29, 0.717) is 48.7 Å². The monoisotopic (exact) mass is 378 g/mol. The summed E-state index contributed by atoms with van der Waals surface area (Å²) in [6.07, 6.45) is 0.530. The quantitative estimate of drug-likeness (QED) is 0.533. The number of hydrogen-bond acceptors (Lipinski definition) is 6. The second kappa shape index (κ2) is 7.24. The largest absolute Gasteiger partial charge is 0.508 e. The Morgan fingerprint density at radius 1 is 1.21 bits per heavy atom. The van der Waals surface area contributed by atoms with Gasteiger partial charge in [-0.25, -0.2) is 4.98 Å². The first kappa shape index (κ1) is 17.9. The molecule has 0 saturated heterocycles. The van der Waals surface area contributed by atoms with Crippen molar-refractivity contribution in [3.63, 3.8) is 0 Å². The Hall–Kier alpha value is -3.52. The molecule has 8 nitrogen and oxygen atoms in total. The average Bonchev–Trinajstić information content (AvgIpc) is 2.70. The molecule has 0 bridgehead atoms. The van der Waals surface area contributed by atoms with E-state index in [9.17, 15) is 20.0 Å². The zero-order valence-electron chi connectivity index (χ0n) is 15.0. The number of aromatic amines is 1. The van der Waals surface area contributed by atoms with Gasteiger partial charge < -0.3 is 10.1 Å². The van der Waals surface area contributed by atoms with Crippen molar-refractivity contribution in [3.8, 4) is 17.1 Å². The predicted octanol–water partition coefficient (Wildman–Crippen LogP) is 2.61. The number of hydrogen-bond donors (Lipinski definition) is 2. The Bertz CT molecular complexity index is 1100. The predicted molar refractivity (Wildman–Crippen MR) is 103 cm³/mol. The van der Waals surface area contributed by atoms with E-state index in [1.165, 1.54) is 18.2 Å². The number of phenols is 1.